The minimum atomic E-state index is 0.165. The first-order valence-corrected chi connectivity index (χ1v) is 21.5. The fraction of sp³-hybridized carbons (Fsp3) is 0.706. The van der Waals surface area contributed by atoms with E-state index in [1.54, 1.807) is 16.7 Å². The minimum Gasteiger partial charge on any atom is -0.218 e. The lowest BCUT2D eigenvalue weighted by Gasteiger charge is -2.36. The van der Waals surface area contributed by atoms with Gasteiger partial charge in [0.15, 0.2) is 0 Å². The summed E-state index contributed by atoms with van der Waals surface area (Å²) in [4.78, 5) is 15.6. The van der Waals surface area contributed by atoms with Crippen molar-refractivity contribution >= 4 is 0 Å². The molecule has 1 aromatic rings. The lowest BCUT2D eigenvalue weighted by molar-refractivity contribution is 0.273. The molecule has 3 aliphatic carbocycles. The Morgan fingerprint density at radius 3 is 0.778 bits per heavy atom. The van der Waals surface area contributed by atoms with E-state index in [2.05, 4.69) is 161 Å². The van der Waals surface area contributed by atoms with Crippen molar-refractivity contribution in [3.63, 3.8) is 0 Å². The Labute approximate surface area is 333 Å². The number of aryl methyl sites for hydroxylation is 3. The van der Waals surface area contributed by atoms with Crippen molar-refractivity contribution < 1.29 is 0 Å². The van der Waals surface area contributed by atoms with E-state index in [0.29, 0.717) is 17.8 Å². The average Bonchev–Trinajstić information content (AvgIpc) is 3.02. The molecule has 3 aliphatic rings. The van der Waals surface area contributed by atoms with E-state index < -0.39 is 0 Å². The van der Waals surface area contributed by atoms with E-state index in [0.717, 1.165) is 75.3 Å². The molecule has 0 spiro atoms. The molecule has 3 heteroatoms. The molecule has 0 N–H and O–H groups in total. The van der Waals surface area contributed by atoms with Crippen LogP contribution >= 0.6 is 0 Å². The van der Waals surface area contributed by atoms with Gasteiger partial charge in [-0.25, -0.2) is 15.0 Å². The second-order valence-electron chi connectivity index (χ2n) is 23.6. The molecule has 0 fully saturated rings. The number of hydrogen-bond donors (Lipinski definition) is 0. The summed E-state index contributed by atoms with van der Waals surface area (Å²) in [6, 6.07) is 0. The summed E-state index contributed by atoms with van der Waals surface area (Å²) in [5.74, 6) is 4.46. The summed E-state index contributed by atoms with van der Waals surface area (Å²) in [5.41, 5.74) is 10.2. The van der Waals surface area contributed by atoms with Gasteiger partial charge in [-0.15, -0.1) is 0 Å². The predicted octanol–water partition coefficient (Wildman–Crippen LogP) is 14.6. The number of rotatable bonds is 9. The van der Waals surface area contributed by atoms with Crippen molar-refractivity contribution in [2.75, 3.05) is 0 Å². The molecule has 0 aromatic carbocycles. The van der Waals surface area contributed by atoms with Crippen LogP contribution in [0.3, 0.4) is 0 Å². The Hall–Kier alpha value is -2.55. The number of nitrogens with zero attached hydrogens (tertiary/aromatic N) is 3. The van der Waals surface area contributed by atoms with Crippen molar-refractivity contribution in [2.45, 2.75) is 182 Å². The summed E-state index contributed by atoms with van der Waals surface area (Å²) in [6.45, 7) is 42.8. The van der Waals surface area contributed by atoms with Gasteiger partial charge in [-0.3, -0.25) is 0 Å². The Balaban J connectivity index is 1.66. The summed E-state index contributed by atoms with van der Waals surface area (Å²) < 4.78 is 0. The highest BCUT2D eigenvalue weighted by Gasteiger charge is 2.33. The highest BCUT2D eigenvalue weighted by molar-refractivity contribution is 5.36. The van der Waals surface area contributed by atoms with E-state index in [9.17, 15) is 0 Å². The van der Waals surface area contributed by atoms with E-state index in [1.807, 2.05) is 0 Å². The first kappa shape index (κ1) is 44.2. The molecule has 0 saturated carbocycles. The van der Waals surface area contributed by atoms with Crippen LogP contribution in [0.2, 0.25) is 0 Å². The van der Waals surface area contributed by atoms with Gasteiger partial charge in [0.1, 0.15) is 17.5 Å². The fourth-order valence-corrected chi connectivity index (χ4v) is 7.98. The number of allylic oxidation sites excluding steroid dienone is 12. The zero-order chi connectivity index (χ0) is 40.7. The molecule has 300 valence electrons. The van der Waals surface area contributed by atoms with Crippen molar-refractivity contribution in [2.24, 2.45) is 50.2 Å². The Kier molecular flexibility index (Phi) is 13.2. The molecule has 54 heavy (non-hydrogen) atoms. The summed E-state index contributed by atoms with van der Waals surface area (Å²) in [5, 5.41) is 0. The largest absolute Gasteiger partial charge is 0.218 e. The van der Waals surface area contributed by atoms with Gasteiger partial charge in [0.05, 0.1) is 0 Å². The normalized spacial score (nSPS) is 22.2. The Morgan fingerprint density at radius 2 is 0.593 bits per heavy atom. The SMILES string of the molecule is CC(C)(C)C1=CC(CCc2nc(CCC3=CC(C(C)(C)C)CC(C(C)(C)C)=C3)nc(CCC3=CC(C(C)(C)C)CC(C(C)(C)C)=C3)n2)=CC(C(C)(C)C)C1. The topological polar surface area (TPSA) is 38.7 Å². The van der Waals surface area contributed by atoms with Crippen molar-refractivity contribution in [3.8, 4) is 0 Å². The Bertz CT molecular complexity index is 1460. The molecule has 0 radical (unpaired) electrons. The lowest BCUT2D eigenvalue weighted by atomic mass is 9.69. The molecule has 0 aliphatic heterocycles. The van der Waals surface area contributed by atoms with E-state index in [1.165, 1.54) is 16.7 Å². The molecule has 0 saturated heterocycles. The van der Waals surface area contributed by atoms with Crippen molar-refractivity contribution in [3.05, 3.63) is 87.4 Å². The zero-order valence-electron chi connectivity index (χ0n) is 38.4. The molecule has 0 amide bonds. The van der Waals surface area contributed by atoms with E-state index in [4.69, 9.17) is 15.0 Å². The van der Waals surface area contributed by atoms with Crippen molar-refractivity contribution in [1.82, 2.24) is 15.0 Å². The molecule has 3 nitrogen and oxygen atoms in total. The van der Waals surface area contributed by atoms with Crippen LogP contribution in [0.15, 0.2) is 69.9 Å². The second-order valence-corrected chi connectivity index (χ2v) is 23.6. The average molecular weight is 736 g/mol. The van der Waals surface area contributed by atoms with Gasteiger partial charge in [0.2, 0.25) is 0 Å². The molecule has 1 heterocycles. The summed E-state index contributed by atoms with van der Waals surface area (Å²) >= 11 is 0. The smallest absolute Gasteiger partial charge is 0.132 e. The first-order chi connectivity index (χ1) is 24.5. The van der Waals surface area contributed by atoms with Crippen LogP contribution < -0.4 is 0 Å². The zero-order valence-corrected chi connectivity index (χ0v) is 38.4. The van der Waals surface area contributed by atoms with Gasteiger partial charge in [-0.2, -0.15) is 0 Å². The standard InChI is InChI=1S/C51H81N3/c1-46(2,3)37-25-34(26-38(31-37)47(4,5)6)19-22-43-52-44(23-20-35-27-39(48(7,8)9)32-40(28-35)49(10,11)12)54-45(53-43)24-21-36-29-41(50(13,14)15)33-42(30-36)51(16,17)18/h25-30,37,39,41H,19-24,31-33H2,1-18H3. The number of aromatic nitrogens is 3. The van der Waals surface area contributed by atoms with Gasteiger partial charge in [0, 0.05) is 19.3 Å². The predicted molar refractivity (Wildman–Crippen MR) is 234 cm³/mol. The third-order valence-electron chi connectivity index (χ3n) is 12.6. The quantitative estimate of drug-likeness (QED) is 0.253. The first-order valence-electron chi connectivity index (χ1n) is 21.5. The maximum Gasteiger partial charge on any atom is 0.132 e. The molecule has 0 bridgehead atoms. The minimum absolute atomic E-state index is 0.165. The highest BCUT2D eigenvalue weighted by Crippen LogP contribution is 2.45. The lowest BCUT2D eigenvalue weighted by Crippen LogP contribution is -2.25. The second kappa shape index (κ2) is 16.1. The summed E-state index contributed by atoms with van der Waals surface area (Å²) in [7, 11) is 0. The van der Waals surface area contributed by atoms with Gasteiger partial charge in [-0.1, -0.05) is 195 Å². The molecule has 3 atom stereocenters. The van der Waals surface area contributed by atoms with Gasteiger partial charge in [0.25, 0.3) is 0 Å². The maximum atomic E-state index is 5.21. The number of hydrogen-bond acceptors (Lipinski definition) is 3. The van der Waals surface area contributed by atoms with Crippen molar-refractivity contribution in [1.29, 1.82) is 0 Å². The Morgan fingerprint density at radius 1 is 0.370 bits per heavy atom. The molecule has 3 unspecified atom stereocenters. The maximum absolute atomic E-state index is 5.21. The fourth-order valence-electron chi connectivity index (χ4n) is 7.98. The third-order valence-corrected chi connectivity index (χ3v) is 12.6. The van der Waals surface area contributed by atoms with E-state index >= 15 is 0 Å². The third kappa shape index (κ3) is 12.5. The molecular weight excluding hydrogens is 655 g/mol. The van der Waals surface area contributed by atoms with Crippen LogP contribution in [-0.2, 0) is 19.3 Å². The van der Waals surface area contributed by atoms with Gasteiger partial charge < -0.3 is 0 Å². The van der Waals surface area contributed by atoms with Gasteiger partial charge >= 0.3 is 0 Å². The van der Waals surface area contributed by atoms with Crippen LogP contribution in [-0.4, -0.2) is 15.0 Å². The van der Waals surface area contributed by atoms with Crippen LogP contribution in [0.1, 0.15) is 181 Å². The van der Waals surface area contributed by atoms with Crippen LogP contribution in [0.4, 0.5) is 0 Å². The van der Waals surface area contributed by atoms with Crippen LogP contribution in [0.25, 0.3) is 0 Å². The monoisotopic (exact) mass is 736 g/mol. The van der Waals surface area contributed by atoms with E-state index in [-0.39, 0.29) is 32.5 Å². The van der Waals surface area contributed by atoms with Gasteiger partial charge in [-0.05, 0) is 88.8 Å². The van der Waals surface area contributed by atoms with Crippen LogP contribution in [0, 0.1) is 50.2 Å². The summed E-state index contributed by atoms with van der Waals surface area (Å²) in [6.07, 6.45) is 24.0. The van der Waals surface area contributed by atoms with Crippen LogP contribution in [0.5, 0.6) is 0 Å². The molecule has 4 rings (SSSR count). The molecular formula is C51H81N3. The highest BCUT2D eigenvalue weighted by atomic mass is 15.0. The molecule has 1 aromatic heterocycles.